The van der Waals surface area contributed by atoms with Crippen LogP contribution in [0.5, 0.6) is 5.75 Å². The minimum Gasteiger partial charge on any atom is -0.492 e. The molecular formula is C13H17BN2O4. The van der Waals surface area contributed by atoms with Crippen molar-refractivity contribution in [1.82, 2.24) is 9.13 Å². The fourth-order valence-electron chi connectivity index (χ4n) is 1.89. The molecule has 0 amide bonds. The maximum absolute atomic E-state index is 11.8. The van der Waals surface area contributed by atoms with Crippen LogP contribution in [-0.2, 0) is 13.1 Å². The average molecular weight is 276 g/mol. The van der Waals surface area contributed by atoms with Gasteiger partial charge in [-0.15, -0.1) is 0 Å². The molecule has 1 aromatic carbocycles. The lowest BCUT2D eigenvalue weighted by atomic mass is 9.80. The van der Waals surface area contributed by atoms with Gasteiger partial charge in [-0.05, 0) is 24.5 Å². The molecule has 6 nitrogen and oxygen atoms in total. The van der Waals surface area contributed by atoms with Crippen molar-refractivity contribution >= 4 is 12.6 Å². The number of benzene rings is 1. The lowest BCUT2D eigenvalue weighted by Crippen LogP contribution is -2.29. The van der Waals surface area contributed by atoms with Gasteiger partial charge in [0, 0.05) is 18.9 Å². The van der Waals surface area contributed by atoms with Crippen molar-refractivity contribution in [1.29, 1.82) is 0 Å². The fraction of sp³-hybridized carbons (Fsp3) is 0.308. The van der Waals surface area contributed by atoms with Gasteiger partial charge in [0.15, 0.2) is 0 Å². The van der Waals surface area contributed by atoms with Crippen molar-refractivity contribution in [2.75, 3.05) is 6.61 Å². The Labute approximate surface area is 117 Å². The van der Waals surface area contributed by atoms with E-state index in [4.69, 9.17) is 14.8 Å². The lowest BCUT2D eigenvalue weighted by molar-refractivity contribution is 0.296. The molecule has 0 saturated heterocycles. The first-order valence-corrected chi connectivity index (χ1v) is 6.46. The SMILES string of the molecule is CCn1ccn(CCOc2cccc(B(O)O)c2)c1=O. The van der Waals surface area contributed by atoms with Crippen LogP contribution in [0.1, 0.15) is 6.92 Å². The lowest BCUT2D eigenvalue weighted by Gasteiger charge is -2.08. The summed E-state index contributed by atoms with van der Waals surface area (Å²) in [7, 11) is -1.51. The van der Waals surface area contributed by atoms with Gasteiger partial charge in [0.2, 0.25) is 0 Å². The van der Waals surface area contributed by atoms with Crippen LogP contribution in [-0.4, -0.2) is 32.9 Å². The number of aromatic nitrogens is 2. The van der Waals surface area contributed by atoms with E-state index in [0.29, 0.717) is 30.9 Å². The molecule has 0 saturated carbocycles. The van der Waals surface area contributed by atoms with Gasteiger partial charge in [-0.3, -0.25) is 9.13 Å². The fourth-order valence-corrected chi connectivity index (χ4v) is 1.89. The van der Waals surface area contributed by atoms with Crippen LogP contribution >= 0.6 is 0 Å². The Bertz CT molecular complexity index is 621. The summed E-state index contributed by atoms with van der Waals surface area (Å²) in [6.45, 7) is 3.33. The molecular weight excluding hydrogens is 259 g/mol. The van der Waals surface area contributed by atoms with E-state index in [1.54, 1.807) is 45.8 Å². The van der Waals surface area contributed by atoms with E-state index in [0.717, 1.165) is 0 Å². The first kappa shape index (κ1) is 14.4. The van der Waals surface area contributed by atoms with Crippen molar-refractivity contribution in [3.05, 3.63) is 47.1 Å². The maximum atomic E-state index is 11.8. The Kier molecular flexibility index (Phi) is 4.65. The number of aryl methyl sites for hydroxylation is 1. The summed E-state index contributed by atoms with van der Waals surface area (Å²) in [6, 6.07) is 6.57. The zero-order valence-electron chi connectivity index (χ0n) is 11.3. The molecule has 1 aromatic heterocycles. The quantitative estimate of drug-likeness (QED) is 0.693. The van der Waals surface area contributed by atoms with Gasteiger partial charge >= 0.3 is 12.8 Å². The Balaban J connectivity index is 1.94. The van der Waals surface area contributed by atoms with Crippen LogP contribution in [0.2, 0.25) is 0 Å². The number of ether oxygens (including phenoxy) is 1. The topological polar surface area (TPSA) is 76.6 Å². The van der Waals surface area contributed by atoms with E-state index in [1.807, 2.05) is 6.92 Å². The minimum atomic E-state index is -1.51. The summed E-state index contributed by atoms with van der Waals surface area (Å²) in [5.74, 6) is 0.540. The predicted molar refractivity (Wildman–Crippen MR) is 76.1 cm³/mol. The predicted octanol–water partition coefficient (Wildman–Crippen LogP) is -0.571. The highest BCUT2D eigenvalue weighted by Crippen LogP contribution is 2.07. The molecule has 0 atom stereocenters. The van der Waals surface area contributed by atoms with E-state index >= 15 is 0 Å². The third-order valence-corrected chi connectivity index (χ3v) is 3.02. The highest BCUT2D eigenvalue weighted by atomic mass is 16.5. The van der Waals surface area contributed by atoms with Gasteiger partial charge < -0.3 is 14.8 Å². The third kappa shape index (κ3) is 3.31. The zero-order chi connectivity index (χ0) is 14.5. The summed E-state index contributed by atoms with van der Waals surface area (Å²) in [5.41, 5.74) is 0.312. The first-order valence-electron chi connectivity index (χ1n) is 6.46. The molecule has 0 aliphatic carbocycles. The number of hydrogen-bond acceptors (Lipinski definition) is 4. The molecule has 20 heavy (non-hydrogen) atoms. The molecule has 2 N–H and O–H groups in total. The van der Waals surface area contributed by atoms with Crippen molar-refractivity contribution in [2.24, 2.45) is 0 Å². The first-order chi connectivity index (χ1) is 9.61. The average Bonchev–Trinajstić information content (AvgIpc) is 2.80. The molecule has 2 rings (SSSR count). The van der Waals surface area contributed by atoms with E-state index in [9.17, 15) is 4.79 Å². The second-order valence-corrected chi connectivity index (χ2v) is 4.35. The maximum Gasteiger partial charge on any atom is 0.488 e. The molecule has 0 aliphatic heterocycles. The second-order valence-electron chi connectivity index (χ2n) is 4.35. The smallest absolute Gasteiger partial charge is 0.488 e. The minimum absolute atomic E-state index is 0.0596. The van der Waals surface area contributed by atoms with Crippen LogP contribution in [0.15, 0.2) is 41.5 Å². The standard InChI is InChI=1S/C13H17BN2O4/c1-2-15-6-7-16(13(15)17)8-9-20-12-5-3-4-11(10-12)14(18)19/h3-7,10,18-19H,2,8-9H2,1H3. The molecule has 7 heteroatoms. The van der Waals surface area contributed by atoms with Gasteiger partial charge in [0.05, 0.1) is 6.54 Å². The summed E-state index contributed by atoms with van der Waals surface area (Å²) in [5, 5.41) is 18.1. The Hall–Kier alpha value is -1.99. The summed E-state index contributed by atoms with van der Waals surface area (Å²) in [4.78, 5) is 11.8. The van der Waals surface area contributed by atoms with E-state index in [-0.39, 0.29) is 5.69 Å². The summed E-state index contributed by atoms with van der Waals surface area (Å²) in [6.07, 6.45) is 3.47. The number of hydrogen-bond donors (Lipinski definition) is 2. The van der Waals surface area contributed by atoms with Crippen molar-refractivity contribution in [2.45, 2.75) is 20.0 Å². The van der Waals surface area contributed by atoms with Gasteiger partial charge in [0.1, 0.15) is 12.4 Å². The van der Waals surface area contributed by atoms with Crippen LogP contribution in [0, 0.1) is 0 Å². The van der Waals surface area contributed by atoms with E-state index < -0.39 is 7.12 Å². The van der Waals surface area contributed by atoms with Crippen molar-refractivity contribution in [3.8, 4) is 5.75 Å². The highest BCUT2D eigenvalue weighted by Gasteiger charge is 2.11. The largest absolute Gasteiger partial charge is 0.492 e. The number of rotatable bonds is 6. The second kappa shape index (κ2) is 6.45. The van der Waals surface area contributed by atoms with Gasteiger partial charge in [-0.2, -0.15) is 0 Å². The van der Waals surface area contributed by atoms with Crippen LogP contribution in [0.25, 0.3) is 0 Å². The molecule has 0 spiro atoms. The number of imidazole rings is 1. The Morgan fingerprint density at radius 1 is 1.25 bits per heavy atom. The van der Waals surface area contributed by atoms with Crippen LogP contribution < -0.4 is 15.9 Å². The third-order valence-electron chi connectivity index (χ3n) is 3.02. The van der Waals surface area contributed by atoms with Gasteiger partial charge in [-0.1, -0.05) is 12.1 Å². The molecule has 0 radical (unpaired) electrons. The van der Waals surface area contributed by atoms with Crippen molar-refractivity contribution in [3.63, 3.8) is 0 Å². The van der Waals surface area contributed by atoms with Crippen LogP contribution in [0.4, 0.5) is 0 Å². The molecule has 0 unspecified atom stereocenters. The molecule has 0 bridgehead atoms. The van der Waals surface area contributed by atoms with Gasteiger partial charge in [0.25, 0.3) is 0 Å². The van der Waals surface area contributed by atoms with Crippen molar-refractivity contribution < 1.29 is 14.8 Å². The van der Waals surface area contributed by atoms with Crippen LogP contribution in [0.3, 0.4) is 0 Å². The summed E-state index contributed by atoms with van der Waals surface area (Å²) >= 11 is 0. The normalized spacial score (nSPS) is 10.6. The van der Waals surface area contributed by atoms with E-state index in [2.05, 4.69) is 0 Å². The molecule has 1 heterocycles. The summed E-state index contributed by atoms with van der Waals surface area (Å²) < 4.78 is 8.70. The highest BCUT2D eigenvalue weighted by molar-refractivity contribution is 6.58. The Morgan fingerprint density at radius 3 is 2.65 bits per heavy atom. The molecule has 0 aliphatic rings. The molecule has 0 fully saturated rings. The van der Waals surface area contributed by atoms with Gasteiger partial charge in [-0.25, -0.2) is 4.79 Å². The molecule has 106 valence electrons. The number of nitrogens with zero attached hydrogens (tertiary/aromatic N) is 2. The molecule has 2 aromatic rings. The monoisotopic (exact) mass is 276 g/mol. The zero-order valence-corrected chi connectivity index (χ0v) is 11.3. The van der Waals surface area contributed by atoms with E-state index in [1.165, 1.54) is 0 Å². The Morgan fingerprint density at radius 2 is 2.00 bits per heavy atom.